The first-order chi connectivity index (χ1) is 5.31. The van der Waals surface area contributed by atoms with Crippen LogP contribution < -0.4 is 0 Å². The normalized spacial score (nSPS) is 8.82. The topological polar surface area (TPSA) is 43.4 Å². The van der Waals surface area contributed by atoms with Crippen LogP contribution in [0.1, 0.15) is 19.8 Å². The third-order valence-corrected chi connectivity index (χ3v) is 1.22. The SMILES string of the molecule is CC#CCCC(=O)COP=O. The summed E-state index contributed by atoms with van der Waals surface area (Å²) in [7, 11) is -0.444. The van der Waals surface area contributed by atoms with E-state index in [1.807, 2.05) is 0 Å². The standard InChI is InChI=1S/C7H9O3P/c1-2-3-4-5-7(8)6-10-11-9/h4-6H2,1H3. The third kappa shape index (κ3) is 7.18. The van der Waals surface area contributed by atoms with Gasteiger partial charge in [-0.25, -0.2) is 4.57 Å². The Morgan fingerprint density at radius 3 is 2.91 bits per heavy atom. The molecule has 0 amide bonds. The first kappa shape index (κ1) is 10.3. The largest absolute Gasteiger partial charge is 0.327 e. The fourth-order valence-electron chi connectivity index (χ4n) is 0.497. The van der Waals surface area contributed by atoms with Crippen LogP contribution >= 0.6 is 8.69 Å². The Kier molecular flexibility index (Phi) is 6.92. The maximum absolute atomic E-state index is 10.7. The Morgan fingerprint density at radius 2 is 2.36 bits per heavy atom. The molecule has 0 bridgehead atoms. The number of carbonyl (C=O) groups excluding carboxylic acids is 1. The van der Waals surface area contributed by atoms with Gasteiger partial charge in [0.05, 0.1) is 0 Å². The Morgan fingerprint density at radius 1 is 1.64 bits per heavy atom. The molecule has 0 aliphatic carbocycles. The average molecular weight is 172 g/mol. The predicted molar refractivity (Wildman–Crippen MR) is 41.2 cm³/mol. The number of hydrogen-bond donors (Lipinski definition) is 0. The number of Topliss-reactive ketones (excluding diaryl/α,β-unsaturated/α-hetero) is 1. The summed E-state index contributed by atoms with van der Waals surface area (Å²) in [5, 5.41) is 0. The van der Waals surface area contributed by atoms with Gasteiger partial charge in [-0.2, -0.15) is 0 Å². The van der Waals surface area contributed by atoms with E-state index in [9.17, 15) is 9.36 Å². The van der Waals surface area contributed by atoms with E-state index in [-0.39, 0.29) is 12.4 Å². The van der Waals surface area contributed by atoms with E-state index in [0.717, 1.165) is 0 Å². The summed E-state index contributed by atoms with van der Waals surface area (Å²) in [6.45, 7) is 1.63. The lowest BCUT2D eigenvalue weighted by Gasteiger charge is -1.91. The van der Waals surface area contributed by atoms with Crippen molar-refractivity contribution in [2.45, 2.75) is 19.8 Å². The molecule has 0 radical (unpaired) electrons. The van der Waals surface area contributed by atoms with Crippen LogP contribution in [0.4, 0.5) is 0 Å². The van der Waals surface area contributed by atoms with Crippen LogP contribution in [0.15, 0.2) is 0 Å². The second-order valence-corrected chi connectivity index (χ2v) is 2.22. The highest BCUT2D eigenvalue weighted by atomic mass is 31.1. The molecule has 0 N–H and O–H groups in total. The Labute approximate surface area is 67.4 Å². The van der Waals surface area contributed by atoms with E-state index < -0.39 is 8.69 Å². The molecule has 0 atom stereocenters. The summed E-state index contributed by atoms with van der Waals surface area (Å²) < 4.78 is 14.1. The van der Waals surface area contributed by atoms with Gasteiger partial charge >= 0.3 is 8.69 Å². The molecule has 0 unspecified atom stereocenters. The first-order valence-electron chi connectivity index (χ1n) is 3.17. The van der Waals surface area contributed by atoms with Crippen LogP contribution in [0.25, 0.3) is 0 Å². The van der Waals surface area contributed by atoms with Crippen molar-refractivity contribution in [3.63, 3.8) is 0 Å². The van der Waals surface area contributed by atoms with E-state index in [1.165, 1.54) is 0 Å². The molecular formula is C7H9O3P. The zero-order valence-corrected chi connectivity index (χ0v) is 7.19. The highest BCUT2D eigenvalue weighted by molar-refractivity contribution is 7.17. The van der Waals surface area contributed by atoms with Gasteiger partial charge in [0, 0.05) is 12.8 Å². The molecule has 11 heavy (non-hydrogen) atoms. The van der Waals surface area contributed by atoms with Crippen molar-refractivity contribution in [2.75, 3.05) is 6.61 Å². The minimum Gasteiger partial charge on any atom is -0.297 e. The van der Waals surface area contributed by atoms with E-state index in [1.54, 1.807) is 6.92 Å². The summed E-state index contributed by atoms with van der Waals surface area (Å²) in [5.41, 5.74) is 0. The molecule has 0 saturated carbocycles. The second kappa shape index (κ2) is 7.40. The number of carbonyl (C=O) groups is 1. The highest BCUT2D eigenvalue weighted by Gasteiger charge is 1.99. The minimum atomic E-state index is -0.444. The molecule has 0 spiro atoms. The quantitative estimate of drug-likeness (QED) is 0.467. The molecule has 0 aromatic rings. The molecule has 3 nitrogen and oxygen atoms in total. The van der Waals surface area contributed by atoms with Crippen LogP contribution in [0, 0.1) is 11.8 Å². The van der Waals surface area contributed by atoms with Crippen molar-refractivity contribution in [2.24, 2.45) is 0 Å². The second-order valence-electron chi connectivity index (χ2n) is 1.81. The van der Waals surface area contributed by atoms with Crippen LogP contribution in [0.3, 0.4) is 0 Å². The van der Waals surface area contributed by atoms with Gasteiger partial charge in [0.1, 0.15) is 6.61 Å². The minimum absolute atomic E-state index is 0.0731. The lowest BCUT2D eigenvalue weighted by Crippen LogP contribution is -2.03. The number of ketones is 1. The molecule has 0 fully saturated rings. The van der Waals surface area contributed by atoms with Crippen LogP contribution in [0.5, 0.6) is 0 Å². The van der Waals surface area contributed by atoms with Crippen LogP contribution in [-0.4, -0.2) is 12.4 Å². The molecule has 0 aliphatic rings. The van der Waals surface area contributed by atoms with Crippen molar-refractivity contribution in [3.05, 3.63) is 0 Å². The van der Waals surface area contributed by atoms with Crippen molar-refractivity contribution in [1.82, 2.24) is 0 Å². The van der Waals surface area contributed by atoms with E-state index in [2.05, 4.69) is 16.4 Å². The Hall–Kier alpha value is -0.710. The molecule has 0 saturated heterocycles. The van der Waals surface area contributed by atoms with E-state index in [0.29, 0.717) is 12.8 Å². The molecule has 4 heteroatoms. The van der Waals surface area contributed by atoms with Gasteiger partial charge in [0.2, 0.25) is 0 Å². The van der Waals surface area contributed by atoms with Gasteiger partial charge in [0.25, 0.3) is 0 Å². The predicted octanol–water partition coefficient (Wildman–Crippen LogP) is 1.58. The summed E-state index contributed by atoms with van der Waals surface area (Å²) in [5.74, 6) is 5.35. The number of hydrogen-bond acceptors (Lipinski definition) is 3. The van der Waals surface area contributed by atoms with Gasteiger partial charge in [-0.1, -0.05) is 0 Å². The fraction of sp³-hybridized carbons (Fsp3) is 0.571. The molecular weight excluding hydrogens is 163 g/mol. The summed E-state index contributed by atoms with van der Waals surface area (Å²) >= 11 is 0. The lowest BCUT2D eigenvalue weighted by molar-refractivity contribution is -0.120. The van der Waals surface area contributed by atoms with Crippen molar-refractivity contribution in [3.8, 4) is 11.8 Å². The van der Waals surface area contributed by atoms with Gasteiger partial charge in [0.15, 0.2) is 5.78 Å². The first-order valence-corrected chi connectivity index (χ1v) is 3.90. The monoisotopic (exact) mass is 172 g/mol. The summed E-state index contributed by atoms with van der Waals surface area (Å²) in [4.78, 5) is 10.7. The van der Waals surface area contributed by atoms with Crippen LogP contribution in [-0.2, 0) is 13.9 Å². The highest BCUT2D eigenvalue weighted by Crippen LogP contribution is 1.96. The van der Waals surface area contributed by atoms with Crippen LogP contribution in [0.2, 0.25) is 0 Å². The zero-order valence-electron chi connectivity index (χ0n) is 6.29. The third-order valence-electron chi connectivity index (χ3n) is 0.984. The lowest BCUT2D eigenvalue weighted by atomic mass is 10.2. The van der Waals surface area contributed by atoms with Gasteiger partial charge in [-0.15, -0.1) is 11.8 Å². The van der Waals surface area contributed by atoms with Gasteiger partial charge < -0.3 is 0 Å². The molecule has 0 aromatic heterocycles. The molecule has 0 heterocycles. The van der Waals surface area contributed by atoms with E-state index in [4.69, 9.17) is 0 Å². The molecule has 0 aromatic carbocycles. The summed E-state index contributed by atoms with van der Waals surface area (Å²) in [6, 6.07) is 0. The van der Waals surface area contributed by atoms with Crippen molar-refractivity contribution in [1.29, 1.82) is 0 Å². The number of rotatable bonds is 5. The fourth-order valence-corrected chi connectivity index (χ4v) is 0.694. The maximum atomic E-state index is 10.7. The van der Waals surface area contributed by atoms with Crippen molar-refractivity contribution >= 4 is 14.5 Å². The Balaban J connectivity index is 3.34. The van der Waals surface area contributed by atoms with Gasteiger partial charge in [-0.3, -0.25) is 9.32 Å². The van der Waals surface area contributed by atoms with Crippen molar-refractivity contribution < 1.29 is 13.9 Å². The maximum Gasteiger partial charge on any atom is 0.327 e. The molecule has 0 rings (SSSR count). The van der Waals surface area contributed by atoms with E-state index >= 15 is 0 Å². The molecule has 0 aliphatic heterocycles. The molecule has 60 valence electrons. The average Bonchev–Trinajstić information content (AvgIpc) is 2.01. The van der Waals surface area contributed by atoms with Gasteiger partial charge in [-0.05, 0) is 6.92 Å². The zero-order chi connectivity index (χ0) is 8.53. The Bertz CT molecular complexity index is 190. The smallest absolute Gasteiger partial charge is 0.297 e. The summed E-state index contributed by atoms with van der Waals surface area (Å²) in [6.07, 6.45) is 0.921.